The number of ether oxygens (including phenoxy) is 2. The lowest BCUT2D eigenvalue weighted by Crippen LogP contribution is -2.41. The molecule has 1 heterocycles. The molecule has 1 atom stereocenters. The Morgan fingerprint density at radius 1 is 1.12 bits per heavy atom. The summed E-state index contributed by atoms with van der Waals surface area (Å²) in [6, 6.07) is 16.3. The predicted molar refractivity (Wildman–Crippen MR) is 123 cm³/mol. The van der Waals surface area contributed by atoms with Gasteiger partial charge in [0.05, 0.1) is 12.7 Å². The van der Waals surface area contributed by atoms with Crippen molar-refractivity contribution >= 4 is 17.5 Å². The minimum absolute atomic E-state index is 0.0322. The molecule has 3 aromatic rings. The van der Waals surface area contributed by atoms with Crippen molar-refractivity contribution in [3.8, 4) is 22.6 Å². The van der Waals surface area contributed by atoms with Crippen molar-refractivity contribution < 1.29 is 18.7 Å². The van der Waals surface area contributed by atoms with Gasteiger partial charge in [-0.15, -0.1) is 0 Å². The van der Waals surface area contributed by atoms with Crippen LogP contribution in [0.2, 0.25) is 5.02 Å². The van der Waals surface area contributed by atoms with Gasteiger partial charge in [0.1, 0.15) is 5.75 Å². The third-order valence-corrected chi connectivity index (χ3v) is 6.11. The predicted octanol–water partition coefficient (Wildman–Crippen LogP) is 4.56. The van der Waals surface area contributed by atoms with Gasteiger partial charge in [-0.25, -0.2) is 4.39 Å². The lowest BCUT2D eigenvalue weighted by Gasteiger charge is -2.29. The van der Waals surface area contributed by atoms with Crippen LogP contribution < -0.4 is 20.1 Å². The molecule has 0 fully saturated rings. The van der Waals surface area contributed by atoms with E-state index in [4.69, 9.17) is 21.1 Å². The number of carbonyl (C=O) groups is 1. The number of halogens is 2. The molecule has 5 nitrogen and oxygen atoms in total. The first-order chi connectivity index (χ1) is 15.5. The quantitative estimate of drug-likeness (QED) is 0.573. The summed E-state index contributed by atoms with van der Waals surface area (Å²) in [5.41, 5.74) is 1.75. The van der Waals surface area contributed by atoms with Gasteiger partial charge in [0.25, 0.3) is 5.91 Å². The average Bonchev–Trinajstić information content (AvgIpc) is 3.19. The van der Waals surface area contributed by atoms with Crippen molar-refractivity contribution in [3.63, 3.8) is 0 Å². The molecular weight excluding hydrogens is 431 g/mol. The van der Waals surface area contributed by atoms with Crippen molar-refractivity contribution in [2.45, 2.75) is 12.0 Å². The summed E-state index contributed by atoms with van der Waals surface area (Å²) in [6.45, 7) is 0.533. The highest BCUT2D eigenvalue weighted by molar-refractivity contribution is 6.34. The van der Waals surface area contributed by atoms with Gasteiger partial charge >= 0.3 is 0 Å². The fourth-order valence-corrected chi connectivity index (χ4v) is 4.62. The molecule has 0 saturated carbocycles. The number of hydrogen-bond donors (Lipinski definition) is 2. The molecule has 1 amide bonds. The lowest BCUT2D eigenvalue weighted by molar-refractivity contribution is 0.0942. The van der Waals surface area contributed by atoms with Crippen LogP contribution in [-0.2, 0) is 12.0 Å². The van der Waals surface area contributed by atoms with E-state index in [0.717, 1.165) is 11.1 Å². The molecule has 1 aliphatic heterocycles. The molecule has 4 rings (SSSR count). The molecule has 0 radical (unpaired) electrons. The highest BCUT2D eigenvalue weighted by Gasteiger charge is 2.43. The maximum absolute atomic E-state index is 15.6. The van der Waals surface area contributed by atoms with Crippen LogP contribution in [0.5, 0.6) is 11.5 Å². The van der Waals surface area contributed by atoms with Crippen molar-refractivity contribution in [2.75, 3.05) is 27.7 Å². The Morgan fingerprint density at radius 2 is 1.88 bits per heavy atom. The van der Waals surface area contributed by atoms with E-state index in [0.29, 0.717) is 29.3 Å². The van der Waals surface area contributed by atoms with E-state index in [1.165, 1.54) is 20.2 Å². The lowest BCUT2D eigenvalue weighted by atomic mass is 9.85. The van der Waals surface area contributed by atoms with Crippen LogP contribution in [0.4, 0.5) is 4.39 Å². The fraction of sp³-hybridized carbons (Fsp3) is 0.240. The van der Waals surface area contributed by atoms with Crippen molar-refractivity contribution in [3.05, 3.63) is 82.1 Å². The largest absolute Gasteiger partial charge is 0.494 e. The molecule has 1 aliphatic rings. The Morgan fingerprint density at radius 3 is 2.53 bits per heavy atom. The molecule has 166 valence electrons. The second-order valence-electron chi connectivity index (χ2n) is 7.65. The zero-order valence-corrected chi connectivity index (χ0v) is 18.8. The van der Waals surface area contributed by atoms with Crippen LogP contribution in [0.3, 0.4) is 0 Å². The van der Waals surface area contributed by atoms with Gasteiger partial charge < -0.3 is 20.1 Å². The monoisotopic (exact) mass is 454 g/mol. The number of nitrogens with one attached hydrogen (secondary N) is 2. The number of carbonyl (C=O) groups excluding carboxylic acids is 1. The van der Waals surface area contributed by atoms with Gasteiger partial charge in [0.2, 0.25) is 0 Å². The van der Waals surface area contributed by atoms with E-state index in [-0.39, 0.29) is 16.9 Å². The number of hydrogen-bond acceptors (Lipinski definition) is 4. The number of fused-ring (bicyclic) bond motifs is 1. The minimum Gasteiger partial charge on any atom is -0.494 e. The minimum atomic E-state index is -0.694. The molecule has 0 saturated heterocycles. The van der Waals surface area contributed by atoms with E-state index < -0.39 is 17.3 Å². The highest BCUT2D eigenvalue weighted by Crippen LogP contribution is 2.49. The Hall–Kier alpha value is -3.09. The second-order valence-corrected chi connectivity index (χ2v) is 8.06. The maximum Gasteiger partial charge on any atom is 0.251 e. The zero-order chi connectivity index (χ0) is 22.9. The first-order valence-electron chi connectivity index (χ1n) is 10.2. The number of benzene rings is 3. The molecular formula is C25H24ClFN2O3. The molecule has 0 spiro atoms. The first kappa shape index (κ1) is 22.1. The van der Waals surface area contributed by atoms with Gasteiger partial charge in [0, 0.05) is 41.7 Å². The Bertz CT molecular complexity index is 1170. The van der Waals surface area contributed by atoms with E-state index in [1.807, 2.05) is 37.4 Å². The van der Waals surface area contributed by atoms with Gasteiger partial charge in [-0.05, 0) is 36.9 Å². The van der Waals surface area contributed by atoms with Crippen molar-refractivity contribution in [2.24, 2.45) is 0 Å². The van der Waals surface area contributed by atoms with Crippen molar-refractivity contribution in [1.29, 1.82) is 0 Å². The van der Waals surface area contributed by atoms with Crippen molar-refractivity contribution in [1.82, 2.24) is 10.6 Å². The van der Waals surface area contributed by atoms with E-state index in [2.05, 4.69) is 10.6 Å². The normalized spacial score (nSPS) is 16.9. The van der Waals surface area contributed by atoms with Crippen LogP contribution in [0, 0.1) is 5.82 Å². The third kappa shape index (κ3) is 3.59. The summed E-state index contributed by atoms with van der Waals surface area (Å²) < 4.78 is 27.3. The third-order valence-electron chi connectivity index (χ3n) is 5.80. The Labute approximate surface area is 191 Å². The average molecular weight is 455 g/mol. The molecule has 32 heavy (non-hydrogen) atoms. The molecule has 7 heteroatoms. The van der Waals surface area contributed by atoms with Crippen LogP contribution >= 0.6 is 11.6 Å². The second kappa shape index (κ2) is 8.81. The van der Waals surface area contributed by atoms with E-state index >= 15 is 4.39 Å². The van der Waals surface area contributed by atoms with Gasteiger partial charge in [-0.3, -0.25) is 4.79 Å². The topological polar surface area (TPSA) is 59.6 Å². The van der Waals surface area contributed by atoms with Gasteiger partial charge in [0.15, 0.2) is 17.2 Å². The van der Waals surface area contributed by atoms with Crippen LogP contribution in [-0.4, -0.2) is 33.7 Å². The van der Waals surface area contributed by atoms with Crippen LogP contribution in [0.1, 0.15) is 21.5 Å². The summed E-state index contributed by atoms with van der Waals surface area (Å²) in [4.78, 5) is 12.6. The first-order valence-corrected chi connectivity index (χ1v) is 10.6. The summed E-state index contributed by atoms with van der Waals surface area (Å²) in [6.07, 6.45) is 0.451. The summed E-state index contributed by atoms with van der Waals surface area (Å²) in [5, 5.41) is 6.12. The zero-order valence-electron chi connectivity index (χ0n) is 18.1. The number of methoxy groups -OCH3 is 1. The molecule has 0 aromatic heterocycles. The summed E-state index contributed by atoms with van der Waals surface area (Å²) >= 11 is 6.64. The highest BCUT2D eigenvalue weighted by atomic mass is 35.5. The standard InChI is InChI=1S/C25H24ClFN2O3/c1-28-14-25(15-7-5-4-6-8-15)13-17-19(32-25)12-10-18(26)21(17)22-16(24(30)29-2)9-11-20(31-3)23(22)27/h4-12,28H,13-14H2,1-3H3,(H,29,30). The van der Waals surface area contributed by atoms with E-state index in [9.17, 15) is 4.79 Å². The molecule has 1 unspecified atom stereocenters. The summed E-state index contributed by atoms with van der Waals surface area (Å²) in [7, 11) is 4.74. The van der Waals surface area contributed by atoms with Gasteiger partial charge in [-0.1, -0.05) is 41.9 Å². The number of amides is 1. The maximum atomic E-state index is 15.6. The van der Waals surface area contributed by atoms with E-state index in [1.54, 1.807) is 18.2 Å². The SMILES string of the molecule is CNCC1(c2ccccc2)Cc2c(ccc(Cl)c2-c2c(C(=O)NC)ccc(OC)c2F)O1. The number of rotatable bonds is 6. The fourth-order valence-electron chi connectivity index (χ4n) is 4.35. The molecule has 2 N–H and O–H groups in total. The van der Waals surface area contributed by atoms with Crippen LogP contribution in [0.25, 0.3) is 11.1 Å². The molecule has 3 aromatic carbocycles. The Balaban J connectivity index is 1.96. The molecule has 0 aliphatic carbocycles. The smallest absolute Gasteiger partial charge is 0.251 e. The van der Waals surface area contributed by atoms with Gasteiger partial charge in [-0.2, -0.15) is 0 Å². The number of likely N-dealkylation sites (N-methyl/N-ethyl adjacent to an activating group) is 1. The summed E-state index contributed by atoms with van der Waals surface area (Å²) in [5.74, 6) is -0.424. The van der Waals surface area contributed by atoms with Crippen LogP contribution in [0.15, 0.2) is 54.6 Å². The molecule has 0 bridgehead atoms. The Kier molecular flexibility index (Phi) is 6.09.